The number of ether oxygens (including phenoxy) is 2. The maximum Gasteiger partial charge on any atom is 0.339 e. The molecule has 9 heteroatoms. The number of carboxylic acid groups (broad SMARTS) is 1. The minimum absolute atomic E-state index is 0.0288. The topological polar surface area (TPSA) is 110 Å². The van der Waals surface area contributed by atoms with Gasteiger partial charge in [0.25, 0.3) is 0 Å². The number of carbonyl (C=O) groups is 2. The second-order valence-electron chi connectivity index (χ2n) is 6.60. The van der Waals surface area contributed by atoms with Crippen LogP contribution in [0.1, 0.15) is 28.4 Å². The van der Waals surface area contributed by atoms with Gasteiger partial charge >= 0.3 is 11.9 Å². The SMILES string of the molecule is COC(=O)c1ccccc1S(=O)(=O)N1CC(C(=O)O)=CCC1c1ccc(OC)cc1. The van der Waals surface area contributed by atoms with Gasteiger partial charge < -0.3 is 14.6 Å². The van der Waals surface area contributed by atoms with Gasteiger partial charge in [-0.3, -0.25) is 0 Å². The second-order valence-corrected chi connectivity index (χ2v) is 8.46. The molecule has 0 aliphatic carbocycles. The van der Waals surface area contributed by atoms with Crippen LogP contribution in [-0.4, -0.2) is 50.5 Å². The van der Waals surface area contributed by atoms with Crippen molar-refractivity contribution in [2.45, 2.75) is 17.4 Å². The first-order valence-electron chi connectivity index (χ1n) is 9.05. The van der Waals surface area contributed by atoms with E-state index in [9.17, 15) is 23.1 Å². The fourth-order valence-corrected chi connectivity index (χ4v) is 5.13. The number of carboxylic acids is 1. The van der Waals surface area contributed by atoms with E-state index in [2.05, 4.69) is 0 Å². The highest BCUT2D eigenvalue weighted by molar-refractivity contribution is 7.89. The van der Waals surface area contributed by atoms with E-state index >= 15 is 0 Å². The molecule has 158 valence electrons. The Morgan fingerprint density at radius 2 is 1.73 bits per heavy atom. The van der Waals surface area contributed by atoms with Crippen molar-refractivity contribution in [3.05, 3.63) is 71.3 Å². The van der Waals surface area contributed by atoms with E-state index < -0.39 is 28.0 Å². The average molecular weight is 431 g/mol. The van der Waals surface area contributed by atoms with Gasteiger partial charge in [0.1, 0.15) is 5.75 Å². The normalized spacial score (nSPS) is 17.1. The predicted octanol–water partition coefficient (Wildman–Crippen LogP) is 2.63. The lowest BCUT2D eigenvalue weighted by Gasteiger charge is -2.34. The van der Waals surface area contributed by atoms with E-state index in [0.717, 1.165) is 11.4 Å². The highest BCUT2D eigenvalue weighted by atomic mass is 32.2. The Morgan fingerprint density at radius 1 is 1.07 bits per heavy atom. The molecule has 1 N–H and O–H groups in total. The van der Waals surface area contributed by atoms with Gasteiger partial charge in [-0.25, -0.2) is 18.0 Å². The molecule has 1 aliphatic rings. The molecule has 0 amide bonds. The van der Waals surface area contributed by atoms with E-state index in [0.29, 0.717) is 11.3 Å². The Balaban J connectivity index is 2.11. The number of carbonyl (C=O) groups excluding carboxylic acids is 1. The summed E-state index contributed by atoms with van der Waals surface area (Å²) >= 11 is 0. The van der Waals surface area contributed by atoms with Gasteiger partial charge in [0.2, 0.25) is 10.0 Å². The molecule has 2 aromatic rings. The average Bonchev–Trinajstić information content (AvgIpc) is 2.78. The predicted molar refractivity (Wildman–Crippen MR) is 108 cm³/mol. The number of benzene rings is 2. The Bertz CT molecular complexity index is 1090. The van der Waals surface area contributed by atoms with Crippen LogP contribution in [0.2, 0.25) is 0 Å². The zero-order valence-corrected chi connectivity index (χ0v) is 17.3. The first kappa shape index (κ1) is 21.5. The van der Waals surface area contributed by atoms with Crippen molar-refractivity contribution in [2.24, 2.45) is 0 Å². The van der Waals surface area contributed by atoms with Gasteiger partial charge in [0.05, 0.1) is 30.7 Å². The zero-order chi connectivity index (χ0) is 21.9. The molecule has 2 aromatic carbocycles. The summed E-state index contributed by atoms with van der Waals surface area (Å²) in [5.74, 6) is -1.37. The third kappa shape index (κ3) is 4.07. The lowest BCUT2D eigenvalue weighted by atomic mass is 9.98. The molecular weight excluding hydrogens is 410 g/mol. The molecule has 30 heavy (non-hydrogen) atoms. The van der Waals surface area contributed by atoms with E-state index in [1.807, 2.05) is 0 Å². The first-order chi connectivity index (χ1) is 14.3. The summed E-state index contributed by atoms with van der Waals surface area (Å²) in [5.41, 5.74) is 0.536. The summed E-state index contributed by atoms with van der Waals surface area (Å²) in [4.78, 5) is 23.4. The standard InChI is InChI=1S/C21H21NO7S/c1-28-16-10-7-14(8-11-16)18-12-9-15(20(23)24)13-22(18)30(26,27)19-6-4-3-5-17(19)21(25)29-2/h3-11,18H,12-13H2,1-2H3,(H,23,24). The summed E-state index contributed by atoms with van der Waals surface area (Å²) in [7, 11) is -1.54. The van der Waals surface area contributed by atoms with Crippen molar-refractivity contribution in [3.63, 3.8) is 0 Å². The molecule has 0 fully saturated rings. The molecule has 0 bridgehead atoms. The Labute approximate surface area is 174 Å². The molecule has 0 spiro atoms. The van der Waals surface area contributed by atoms with Gasteiger partial charge in [-0.2, -0.15) is 4.31 Å². The van der Waals surface area contributed by atoms with Crippen molar-refractivity contribution in [2.75, 3.05) is 20.8 Å². The summed E-state index contributed by atoms with van der Waals surface area (Å²) < 4.78 is 38.1. The third-order valence-electron chi connectivity index (χ3n) is 4.92. The van der Waals surface area contributed by atoms with E-state index in [4.69, 9.17) is 9.47 Å². The Morgan fingerprint density at radius 3 is 2.33 bits per heavy atom. The number of sulfonamides is 1. The monoisotopic (exact) mass is 431 g/mol. The Kier molecular flexibility index (Phi) is 6.23. The summed E-state index contributed by atoms with van der Waals surface area (Å²) in [5, 5.41) is 9.42. The molecule has 1 heterocycles. The minimum Gasteiger partial charge on any atom is -0.497 e. The van der Waals surface area contributed by atoms with Crippen LogP contribution in [-0.2, 0) is 19.6 Å². The van der Waals surface area contributed by atoms with Gasteiger partial charge in [-0.15, -0.1) is 0 Å². The number of hydrogen-bond donors (Lipinski definition) is 1. The smallest absolute Gasteiger partial charge is 0.339 e. The van der Waals surface area contributed by atoms with E-state index in [-0.39, 0.29) is 29.0 Å². The molecule has 0 radical (unpaired) electrons. The molecule has 1 aliphatic heterocycles. The van der Waals surface area contributed by atoms with Crippen LogP contribution in [0.25, 0.3) is 0 Å². The summed E-state index contributed by atoms with van der Waals surface area (Å²) in [6, 6.07) is 11.9. The van der Waals surface area contributed by atoms with Crippen molar-refractivity contribution < 1.29 is 32.6 Å². The van der Waals surface area contributed by atoms with Crippen LogP contribution < -0.4 is 4.74 Å². The first-order valence-corrected chi connectivity index (χ1v) is 10.5. The second kappa shape index (κ2) is 8.68. The van der Waals surface area contributed by atoms with Crippen LogP contribution in [0.15, 0.2) is 65.1 Å². The molecule has 1 atom stereocenters. The number of nitrogens with zero attached hydrogens (tertiary/aromatic N) is 1. The number of hydrogen-bond acceptors (Lipinski definition) is 6. The molecular formula is C21H21NO7S. The third-order valence-corrected chi connectivity index (χ3v) is 6.83. The van der Waals surface area contributed by atoms with Crippen LogP contribution in [0, 0.1) is 0 Å². The molecule has 0 saturated carbocycles. The van der Waals surface area contributed by atoms with Gasteiger partial charge in [0, 0.05) is 12.1 Å². The van der Waals surface area contributed by atoms with Gasteiger partial charge in [-0.05, 0) is 36.2 Å². The van der Waals surface area contributed by atoms with Crippen molar-refractivity contribution in [1.29, 1.82) is 0 Å². The molecule has 1 unspecified atom stereocenters. The highest BCUT2D eigenvalue weighted by Gasteiger charge is 2.38. The number of methoxy groups -OCH3 is 2. The van der Waals surface area contributed by atoms with E-state index in [1.54, 1.807) is 24.3 Å². The van der Waals surface area contributed by atoms with Crippen LogP contribution in [0.3, 0.4) is 0 Å². The number of aliphatic carboxylic acids is 1. The van der Waals surface area contributed by atoms with E-state index in [1.165, 1.54) is 37.5 Å². The molecule has 8 nitrogen and oxygen atoms in total. The fraction of sp³-hybridized carbons (Fsp3) is 0.238. The van der Waals surface area contributed by atoms with Crippen molar-refractivity contribution in [3.8, 4) is 5.75 Å². The van der Waals surface area contributed by atoms with Crippen molar-refractivity contribution in [1.82, 2.24) is 4.31 Å². The van der Waals surface area contributed by atoms with Gasteiger partial charge in [0.15, 0.2) is 0 Å². The maximum atomic E-state index is 13.6. The quantitative estimate of drug-likeness (QED) is 0.700. The van der Waals surface area contributed by atoms with Crippen molar-refractivity contribution >= 4 is 22.0 Å². The largest absolute Gasteiger partial charge is 0.497 e. The minimum atomic E-state index is -4.23. The van der Waals surface area contributed by atoms with Crippen LogP contribution in [0.5, 0.6) is 5.75 Å². The fourth-order valence-electron chi connectivity index (χ4n) is 3.35. The number of esters is 1. The van der Waals surface area contributed by atoms with Crippen LogP contribution >= 0.6 is 0 Å². The number of rotatable bonds is 6. The van der Waals surface area contributed by atoms with Gasteiger partial charge in [-0.1, -0.05) is 30.3 Å². The lowest BCUT2D eigenvalue weighted by Crippen LogP contribution is -2.40. The highest BCUT2D eigenvalue weighted by Crippen LogP contribution is 2.36. The Hall–Kier alpha value is -3.17. The summed E-state index contributed by atoms with van der Waals surface area (Å²) in [6.07, 6.45) is 1.70. The zero-order valence-electron chi connectivity index (χ0n) is 16.4. The molecule has 0 saturated heterocycles. The van der Waals surface area contributed by atoms with Crippen LogP contribution in [0.4, 0.5) is 0 Å². The molecule has 3 rings (SSSR count). The maximum absolute atomic E-state index is 13.6. The molecule has 0 aromatic heterocycles. The lowest BCUT2D eigenvalue weighted by molar-refractivity contribution is -0.133. The summed E-state index contributed by atoms with van der Waals surface area (Å²) in [6.45, 7) is -0.329.